The van der Waals surface area contributed by atoms with Gasteiger partial charge in [-0.05, 0) is 61.5 Å². The van der Waals surface area contributed by atoms with Crippen LogP contribution in [0.2, 0.25) is 0 Å². The maximum Gasteiger partial charge on any atom is 0.222 e. The highest BCUT2D eigenvalue weighted by atomic mass is 19.1. The van der Waals surface area contributed by atoms with Gasteiger partial charge in [-0.15, -0.1) is 0 Å². The summed E-state index contributed by atoms with van der Waals surface area (Å²) < 4.78 is 13.1. The summed E-state index contributed by atoms with van der Waals surface area (Å²) in [5, 5.41) is 3.42. The van der Waals surface area contributed by atoms with Crippen LogP contribution in [0.25, 0.3) is 0 Å². The number of hydrogen-bond acceptors (Lipinski definition) is 5. The topological polar surface area (TPSA) is 44.3 Å². The van der Waals surface area contributed by atoms with Crippen LogP contribution in [0.3, 0.4) is 0 Å². The molecule has 0 unspecified atom stereocenters. The fraction of sp³-hybridized carbons (Fsp3) is 0.545. The van der Waals surface area contributed by atoms with Crippen LogP contribution in [0.1, 0.15) is 35.6 Å². The second kappa shape index (κ2) is 7.76. The lowest BCUT2D eigenvalue weighted by Crippen LogP contribution is -2.26. The molecular weight excluding hydrogens is 353 g/mol. The number of benzene rings is 1. The molecule has 1 aromatic carbocycles. The average Bonchev–Trinajstić information content (AvgIpc) is 3.40. The first-order valence-electron chi connectivity index (χ1n) is 10.5. The zero-order valence-corrected chi connectivity index (χ0v) is 16.3. The van der Waals surface area contributed by atoms with E-state index in [0.29, 0.717) is 11.8 Å². The van der Waals surface area contributed by atoms with Crippen LogP contribution < -0.4 is 5.32 Å². The molecule has 0 saturated carbocycles. The summed E-state index contributed by atoms with van der Waals surface area (Å²) in [6.07, 6.45) is 5.76. The van der Waals surface area contributed by atoms with Crippen LogP contribution in [0.5, 0.6) is 0 Å². The normalized spacial score (nSPS) is 24.5. The van der Waals surface area contributed by atoms with Crippen molar-refractivity contribution in [1.29, 1.82) is 0 Å². The average molecular weight is 381 g/mol. The van der Waals surface area contributed by atoms with Gasteiger partial charge in [-0.1, -0.05) is 12.1 Å². The van der Waals surface area contributed by atoms with Gasteiger partial charge < -0.3 is 10.2 Å². The Labute approximate surface area is 166 Å². The van der Waals surface area contributed by atoms with Gasteiger partial charge in [0.2, 0.25) is 5.95 Å². The number of aromatic nitrogens is 2. The highest BCUT2D eigenvalue weighted by Crippen LogP contribution is 2.42. The Morgan fingerprint density at radius 1 is 1.07 bits per heavy atom. The number of anilines is 1. The SMILES string of the molecule is Fc1ccc(CN2C[C@@H]3Cc4cnc(NCCN5CCCC5)nc4[C@H]3C2)cc1. The van der Waals surface area contributed by atoms with Crippen molar-refractivity contribution in [2.24, 2.45) is 5.92 Å². The van der Waals surface area contributed by atoms with Gasteiger partial charge >= 0.3 is 0 Å². The fourth-order valence-electron chi connectivity index (χ4n) is 5.05. The molecule has 2 aliphatic heterocycles. The van der Waals surface area contributed by atoms with Gasteiger partial charge in [0.25, 0.3) is 0 Å². The van der Waals surface area contributed by atoms with Crippen LogP contribution >= 0.6 is 0 Å². The van der Waals surface area contributed by atoms with E-state index in [9.17, 15) is 4.39 Å². The van der Waals surface area contributed by atoms with E-state index in [4.69, 9.17) is 4.98 Å². The first-order valence-corrected chi connectivity index (χ1v) is 10.5. The lowest BCUT2D eigenvalue weighted by molar-refractivity contribution is 0.313. The van der Waals surface area contributed by atoms with E-state index in [2.05, 4.69) is 20.1 Å². The molecule has 1 N–H and O–H groups in total. The van der Waals surface area contributed by atoms with Gasteiger partial charge in [0.05, 0.1) is 5.69 Å². The molecule has 5 nitrogen and oxygen atoms in total. The summed E-state index contributed by atoms with van der Waals surface area (Å²) in [6, 6.07) is 6.88. The molecule has 0 spiro atoms. The van der Waals surface area contributed by atoms with Gasteiger partial charge in [0, 0.05) is 44.8 Å². The van der Waals surface area contributed by atoms with E-state index >= 15 is 0 Å². The summed E-state index contributed by atoms with van der Waals surface area (Å²) in [5.41, 5.74) is 3.74. The number of rotatable bonds is 6. The predicted octanol–water partition coefficient (Wildman–Crippen LogP) is 2.90. The van der Waals surface area contributed by atoms with E-state index in [1.807, 2.05) is 18.3 Å². The van der Waals surface area contributed by atoms with Crippen LogP contribution in [0.15, 0.2) is 30.5 Å². The zero-order chi connectivity index (χ0) is 18.9. The number of hydrogen-bond donors (Lipinski definition) is 1. The molecule has 3 heterocycles. The Balaban J connectivity index is 1.20. The fourth-order valence-corrected chi connectivity index (χ4v) is 5.05. The lowest BCUT2D eigenvalue weighted by atomic mass is 9.99. The van der Waals surface area contributed by atoms with Crippen LogP contribution in [-0.4, -0.2) is 59.0 Å². The van der Waals surface area contributed by atoms with E-state index in [-0.39, 0.29) is 5.82 Å². The second-order valence-electron chi connectivity index (χ2n) is 8.47. The van der Waals surface area contributed by atoms with E-state index < -0.39 is 0 Å². The first-order chi connectivity index (χ1) is 13.7. The number of halogens is 1. The monoisotopic (exact) mass is 381 g/mol. The van der Waals surface area contributed by atoms with Crippen LogP contribution in [0.4, 0.5) is 10.3 Å². The molecule has 6 heteroatoms. The molecular formula is C22H28FN5. The molecule has 5 rings (SSSR count). The Morgan fingerprint density at radius 2 is 1.89 bits per heavy atom. The molecule has 1 aliphatic carbocycles. The Kier molecular flexibility index (Phi) is 4.99. The van der Waals surface area contributed by atoms with E-state index in [1.165, 1.54) is 42.8 Å². The van der Waals surface area contributed by atoms with Crippen molar-refractivity contribution in [3.63, 3.8) is 0 Å². The minimum absolute atomic E-state index is 0.169. The Bertz CT molecular complexity index is 818. The molecule has 0 amide bonds. The predicted molar refractivity (Wildman–Crippen MR) is 108 cm³/mol. The number of nitrogens with zero attached hydrogens (tertiary/aromatic N) is 4. The minimum atomic E-state index is -0.169. The summed E-state index contributed by atoms with van der Waals surface area (Å²) in [5.74, 6) is 1.73. The highest BCUT2D eigenvalue weighted by molar-refractivity contribution is 5.37. The van der Waals surface area contributed by atoms with E-state index in [0.717, 1.165) is 45.1 Å². The van der Waals surface area contributed by atoms with Gasteiger partial charge in [-0.2, -0.15) is 0 Å². The summed E-state index contributed by atoms with van der Waals surface area (Å²) in [6.45, 7) is 7.41. The maximum atomic E-state index is 13.1. The zero-order valence-electron chi connectivity index (χ0n) is 16.3. The Morgan fingerprint density at radius 3 is 2.71 bits per heavy atom. The summed E-state index contributed by atoms with van der Waals surface area (Å²) in [4.78, 5) is 14.4. The molecule has 1 aromatic heterocycles. The second-order valence-corrected chi connectivity index (χ2v) is 8.47. The minimum Gasteiger partial charge on any atom is -0.353 e. The van der Waals surface area contributed by atoms with E-state index in [1.54, 1.807) is 12.1 Å². The Hall–Kier alpha value is -2.05. The van der Waals surface area contributed by atoms with Crippen molar-refractivity contribution in [3.8, 4) is 0 Å². The van der Waals surface area contributed by atoms with Crippen LogP contribution in [-0.2, 0) is 13.0 Å². The summed E-state index contributed by atoms with van der Waals surface area (Å²) in [7, 11) is 0. The van der Waals surface area contributed by atoms with Gasteiger partial charge in [0.1, 0.15) is 5.82 Å². The molecule has 28 heavy (non-hydrogen) atoms. The third-order valence-corrected chi connectivity index (χ3v) is 6.48. The molecule has 0 radical (unpaired) electrons. The highest BCUT2D eigenvalue weighted by Gasteiger charge is 2.41. The number of likely N-dealkylation sites (tertiary alicyclic amines) is 2. The van der Waals surface area contributed by atoms with Gasteiger partial charge in [-0.25, -0.2) is 14.4 Å². The van der Waals surface area contributed by atoms with Crippen molar-refractivity contribution >= 4 is 5.95 Å². The first kappa shape index (κ1) is 18.0. The standard InChI is InChI=1S/C22H28FN5/c23-19-5-3-16(4-6-19)13-28-14-18-11-17-12-25-22(26-21(17)20(18)15-28)24-7-10-27-8-1-2-9-27/h3-6,12,18,20H,1-2,7-11,13-15H2,(H,24,25,26)/t18-,20-/m0/s1. The summed E-state index contributed by atoms with van der Waals surface area (Å²) >= 11 is 0. The van der Waals surface area contributed by atoms with Gasteiger partial charge in [-0.3, -0.25) is 4.90 Å². The molecule has 2 atom stereocenters. The van der Waals surface area contributed by atoms with Crippen molar-refractivity contribution in [2.75, 3.05) is 44.6 Å². The smallest absolute Gasteiger partial charge is 0.222 e. The van der Waals surface area contributed by atoms with Crippen LogP contribution in [0, 0.1) is 11.7 Å². The number of fused-ring (bicyclic) bond motifs is 3. The number of nitrogens with one attached hydrogen (secondary N) is 1. The molecule has 0 bridgehead atoms. The third-order valence-electron chi connectivity index (χ3n) is 6.48. The molecule has 2 saturated heterocycles. The molecule has 2 aromatic rings. The van der Waals surface area contributed by atoms with Crippen molar-refractivity contribution in [1.82, 2.24) is 19.8 Å². The van der Waals surface area contributed by atoms with Crippen molar-refractivity contribution < 1.29 is 4.39 Å². The maximum absolute atomic E-state index is 13.1. The lowest BCUT2D eigenvalue weighted by Gasteiger charge is -2.17. The molecule has 2 fully saturated rings. The largest absolute Gasteiger partial charge is 0.353 e. The third kappa shape index (κ3) is 3.76. The molecule has 3 aliphatic rings. The van der Waals surface area contributed by atoms with Crippen molar-refractivity contribution in [3.05, 3.63) is 53.1 Å². The quantitative estimate of drug-likeness (QED) is 0.834. The molecule has 148 valence electrons. The van der Waals surface area contributed by atoms with Crippen molar-refractivity contribution in [2.45, 2.75) is 31.7 Å². The van der Waals surface area contributed by atoms with Gasteiger partial charge in [0.15, 0.2) is 0 Å².